The van der Waals surface area contributed by atoms with Crippen LogP contribution in [-0.2, 0) is 32.7 Å². The number of ether oxygens (including phenoxy) is 2. The molecule has 10 heteroatoms. The van der Waals surface area contributed by atoms with Gasteiger partial charge in [0, 0.05) is 19.4 Å². The van der Waals surface area contributed by atoms with Gasteiger partial charge in [0.25, 0.3) is 0 Å². The molecule has 0 aromatic rings. The van der Waals surface area contributed by atoms with E-state index in [2.05, 4.69) is 281 Å². The zero-order chi connectivity index (χ0) is 71.5. The third kappa shape index (κ3) is 80.2. The molecule has 9 nitrogen and oxygen atoms in total. The van der Waals surface area contributed by atoms with Crippen molar-refractivity contribution in [3.8, 4) is 0 Å². The molecule has 0 aromatic carbocycles. The van der Waals surface area contributed by atoms with Gasteiger partial charge < -0.3 is 20.1 Å². The van der Waals surface area contributed by atoms with Crippen molar-refractivity contribution >= 4 is 19.8 Å². The maximum Gasteiger partial charge on any atom is 0.472 e. The molecule has 99 heavy (non-hydrogen) atoms. The molecule has 0 radical (unpaired) electrons. The Labute approximate surface area is 604 Å². The van der Waals surface area contributed by atoms with Crippen LogP contribution in [0, 0.1) is 0 Å². The van der Waals surface area contributed by atoms with E-state index in [9.17, 15) is 19.0 Å². The van der Waals surface area contributed by atoms with E-state index in [0.29, 0.717) is 12.8 Å². The van der Waals surface area contributed by atoms with E-state index in [1.54, 1.807) is 0 Å². The average Bonchev–Trinajstić information content (AvgIpc) is 1.19. The Kier molecular flexibility index (Phi) is 74.8. The highest BCUT2D eigenvalue weighted by atomic mass is 31.2. The molecular weight excluding hydrogens is 1240 g/mol. The summed E-state index contributed by atoms with van der Waals surface area (Å²) in [5.41, 5.74) is 5.40. The smallest absolute Gasteiger partial charge is 0.462 e. The molecular formula is C89H134NO8P. The summed E-state index contributed by atoms with van der Waals surface area (Å²) in [6.07, 6.45) is 130. The van der Waals surface area contributed by atoms with Crippen molar-refractivity contribution in [1.29, 1.82) is 0 Å². The second-order valence-corrected chi connectivity index (χ2v) is 25.1. The fourth-order valence-corrected chi connectivity index (χ4v) is 9.88. The quantitative estimate of drug-likeness (QED) is 0.0264. The first-order valence-electron chi connectivity index (χ1n) is 37.8. The number of allylic oxidation sites excluding steroid dienone is 44. The van der Waals surface area contributed by atoms with Crippen LogP contribution in [-0.4, -0.2) is 49.3 Å². The number of hydrogen-bond donors (Lipinski definition) is 2. The Morgan fingerprint density at radius 2 is 0.525 bits per heavy atom. The monoisotopic (exact) mass is 1380 g/mol. The van der Waals surface area contributed by atoms with Crippen molar-refractivity contribution in [3.63, 3.8) is 0 Å². The van der Waals surface area contributed by atoms with E-state index in [4.69, 9.17) is 24.3 Å². The normalized spacial score (nSPS) is 14.4. The second-order valence-electron chi connectivity index (χ2n) is 23.7. The lowest BCUT2D eigenvalue weighted by molar-refractivity contribution is -0.161. The summed E-state index contributed by atoms with van der Waals surface area (Å²) in [5.74, 6) is -0.901. The SMILES string of the molecule is CC/C=C\C/C=C\C/C=C\C/C=C\C/C=C\C/C=C\C/C=C\C/C=C\C/C=C\C/C=C\C/C=C\CCCCCCCCCC(=O)OC(COC(=O)CCCCC/C=C\C/C=C\C/C=C\C/C=C\C/C=C\C/C=C\C/C=C\C/C=C\C/C=C\C/C=C\C/C=C\CC)COP(=O)(O)OCCN. The van der Waals surface area contributed by atoms with Gasteiger partial charge in [0.05, 0.1) is 13.2 Å². The summed E-state index contributed by atoms with van der Waals surface area (Å²) in [6.45, 7) is 3.43. The lowest BCUT2D eigenvalue weighted by atomic mass is 10.1. The molecule has 0 spiro atoms. The fraction of sp³-hybridized carbons (Fsp3) is 0.483. The average molecular weight is 1380 g/mol. The van der Waals surface area contributed by atoms with Crippen LogP contribution in [0.3, 0.4) is 0 Å². The largest absolute Gasteiger partial charge is 0.472 e. The summed E-state index contributed by atoms with van der Waals surface area (Å²) >= 11 is 0. The van der Waals surface area contributed by atoms with Gasteiger partial charge in [-0.25, -0.2) is 4.57 Å². The maximum absolute atomic E-state index is 12.8. The van der Waals surface area contributed by atoms with Crippen molar-refractivity contribution in [1.82, 2.24) is 0 Å². The molecule has 3 N–H and O–H groups in total. The molecule has 0 heterocycles. The van der Waals surface area contributed by atoms with Gasteiger partial charge in [-0.1, -0.05) is 320 Å². The first kappa shape index (κ1) is 92.3. The third-order valence-electron chi connectivity index (χ3n) is 14.6. The van der Waals surface area contributed by atoms with E-state index in [1.165, 1.54) is 6.42 Å². The highest BCUT2D eigenvalue weighted by molar-refractivity contribution is 7.47. The number of hydrogen-bond acceptors (Lipinski definition) is 8. The van der Waals surface area contributed by atoms with Gasteiger partial charge in [0.1, 0.15) is 6.61 Å². The highest BCUT2D eigenvalue weighted by Gasteiger charge is 2.26. The van der Waals surface area contributed by atoms with E-state index >= 15 is 0 Å². The van der Waals surface area contributed by atoms with E-state index in [0.717, 1.165) is 199 Å². The minimum atomic E-state index is -4.43. The maximum atomic E-state index is 12.8. The van der Waals surface area contributed by atoms with Crippen LogP contribution in [0.25, 0.3) is 0 Å². The number of phosphoric acid groups is 1. The summed E-state index contributed by atoms with van der Waals surface area (Å²) in [6, 6.07) is 0. The Morgan fingerprint density at radius 3 is 0.788 bits per heavy atom. The molecule has 0 saturated carbocycles. The Hall–Kier alpha value is -6.71. The van der Waals surface area contributed by atoms with Crippen LogP contribution < -0.4 is 5.73 Å². The molecule has 0 aliphatic rings. The van der Waals surface area contributed by atoms with Crippen LogP contribution in [0.5, 0.6) is 0 Å². The molecule has 548 valence electrons. The number of carbonyl (C=O) groups is 2. The Bertz CT molecular complexity index is 2630. The molecule has 0 saturated heterocycles. The standard InChI is InChI=1S/C89H134NO8P/c1-3-5-7-9-11-13-15-17-19-21-23-25-27-29-31-33-35-37-39-41-42-43-44-46-48-50-52-54-56-58-60-62-64-66-68-70-72-74-76-78-80-82-89(92)98-87(86-97-99(93,94)96-84-83-90)85-95-88(91)81-79-77-75-73-71-69-67-65-63-61-59-57-55-53-51-49-47-45-40-38-36-34-32-30-28-26-24-22-20-18-16-14-12-10-8-6-4-2/h5-8,11-14,17-20,23-26,29-32,35-38,41-42,44-47,50-53,56-59,62-65,69,71,87H,3-4,9-10,15-16,21-22,27-28,33-34,39-40,43,48-49,54-55,60-61,66-68,70,72-86,90H2,1-2H3,(H,93,94)/b7-5-,8-6-,13-11-,14-12-,19-17-,20-18-,25-23-,26-24-,31-29-,32-30-,37-35-,38-36-,42-41-,46-44-,47-45-,52-50-,53-51-,58-56-,59-57-,64-62-,65-63-,71-69-. The fourth-order valence-electron chi connectivity index (χ4n) is 9.11. The Morgan fingerprint density at radius 1 is 0.303 bits per heavy atom. The minimum Gasteiger partial charge on any atom is -0.462 e. The molecule has 2 atom stereocenters. The summed E-state index contributed by atoms with van der Waals surface area (Å²) < 4.78 is 33.1. The van der Waals surface area contributed by atoms with Gasteiger partial charge in [-0.05, 0) is 180 Å². The van der Waals surface area contributed by atoms with Gasteiger partial charge in [-0.3, -0.25) is 18.6 Å². The summed E-state index contributed by atoms with van der Waals surface area (Å²) in [4.78, 5) is 35.4. The van der Waals surface area contributed by atoms with Gasteiger partial charge in [-0.2, -0.15) is 0 Å². The van der Waals surface area contributed by atoms with Crippen LogP contribution in [0.4, 0.5) is 0 Å². The first-order chi connectivity index (χ1) is 48.8. The Balaban J connectivity index is 4.08. The van der Waals surface area contributed by atoms with Crippen molar-refractivity contribution in [2.24, 2.45) is 5.73 Å². The van der Waals surface area contributed by atoms with Crippen LogP contribution >= 0.6 is 7.82 Å². The number of esters is 2. The lowest BCUT2D eigenvalue weighted by Gasteiger charge is -2.19. The van der Waals surface area contributed by atoms with E-state index < -0.39 is 32.5 Å². The van der Waals surface area contributed by atoms with Gasteiger partial charge in [0.2, 0.25) is 0 Å². The number of carbonyl (C=O) groups excluding carboxylic acids is 2. The third-order valence-corrected chi connectivity index (χ3v) is 15.6. The van der Waals surface area contributed by atoms with Gasteiger partial charge in [0.15, 0.2) is 6.10 Å². The molecule has 2 unspecified atom stereocenters. The predicted molar refractivity (Wildman–Crippen MR) is 430 cm³/mol. The molecule has 0 bridgehead atoms. The lowest BCUT2D eigenvalue weighted by Crippen LogP contribution is -2.29. The molecule has 0 aliphatic carbocycles. The molecule has 0 aliphatic heterocycles. The van der Waals surface area contributed by atoms with E-state index in [-0.39, 0.29) is 32.6 Å². The molecule has 0 aromatic heterocycles. The summed E-state index contributed by atoms with van der Waals surface area (Å²) in [5, 5.41) is 0. The van der Waals surface area contributed by atoms with Crippen molar-refractivity contribution < 1.29 is 37.6 Å². The molecule has 0 fully saturated rings. The van der Waals surface area contributed by atoms with Crippen molar-refractivity contribution in [2.75, 3.05) is 26.4 Å². The van der Waals surface area contributed by atoms with E-state index in [1.807, 2.05) is 0 Å². The topological polar surface area (TPSA) is 134 Å². The number of rotatable bonds is 67. The van der Waals surface area contributed by atoms with Crippen LogP contribution in [0.1, 0.15) is 245 Å². The molecule has 0 amide bonds. The number of unbranched alkanes of at least 4 members (excludes halogenated alkanes) is 10. The molecule has 0 rings (SSSR count). The zero-order valence-electron chi connectivity index (χ0n) is 61.6. The second kappa shape index (κ2) is 80.3. The number of phosphoric ester groups is 1. The summed E-state index contributed by atoms with van der Waals surface area (Å²) in [7, 11) is -4.43. The van der Waals surface area contributed by atoms with Crippen molar-refractivity contribution in [2.45, 2.75) is 251 Å². The van der Waals surface area contributed by atoms with Crippen molar-refractivity contribution in [3.05, 3.63) is 267 Å². The highest BCUT2D eigenvalue weighted by Crippen LogP contribution is 2.43. The minimum absolute atomic E-state index is 0.0319. The first-order valence-corrected chi connectivity index (χ1v) is 39.3. The van der Waals surface area contributed by atoms with Gasteiger partial charge >= 0.3 is 19.8 Å². The van der Waals surface area contributed by atoms with Crippen LogP contribution in [0.15, 0.2) is 267 Å². The van der Waals surface area contributed by atoms with Crippen LogP contribution in [0.2, 0.25) is 0 Å². The zero-order valence-corrected chi connectivity index (χ0v) is 62.5. The predicted octanol–water partition coefficient (Wildman–Crippen LogP) is 25.9. The number of nitrogens with two attached hydrogens (primary N) is 1. The van der Waals surface area contributed by atoms with Gasteiger partial charge in [-0.15, -0.1) is 0 Å².